The van der Waals surface area contributed by atoms with E-state index in [1.165, 1.54) is 6.07 Å². The van der Waals surface area contributed by atoms with E-state index in [2.05, 4.69) is 10.3 Å². The topological polar surface area (TPSA) is 68.9 Å². The van der Waals surface area contributed by atoms with Gasteiger partial charge in [0.15, 0.2) is 12.6 Å². The zero-order valence-electron chi connectivity index (χ0n) is 13.9. The molecule has 9 heteroatoms. The van der Waals surface area contributed by atoms with Crippen LogP contribution in [-0.4, -0.2) is 25.9 Å². The Kier molecular flexibility index (Phi) is 8.49. The van der Waals surface area contributed by atoms with Crippen LogP contribution in [0.1, 0.15) is 5.56 Å². The summed E-state index contributed by atoms with van der Waals surface area (Å²) in [5, 5.41) is 2.89. The molecule has 0 fully saturated rings. The van der Waals surface area contributed by atoms with Gasteiger partial charge in [-0.25, -0.2) is 4.99 Å². The Morgan fingerprint density at radius 3 is 2.58 bits per heavy atom. The fourth-order valence-corrected chi connectivity index (χ4v) is 1.99. The minimum Gasteiger partial charge on any atom is -0.497 e. The first-order valence-corrected chi connectivity index (χ1v) is 7.36. The van der Waals surface area contributed by atoms with E-state index in [4.69, 9.17) is 15.2 Å². The molecule has 0 atom stereocenters. The molecule has 0 saturated carbocycles. The molecule has 142 valence electrons. The van der Waals surface area contributed by atoms with Gasteiger partial charge in [-0.2, -0.15) is 13.2 Å². The maximum atomic E-state index is 12.3. The van der Waals surface area contributed by atoms with Crippen molar-refractivity contribution in [2.45, 2.75) is 12.7 Å². The second kappa shape index (κ2) is 10.1. The number of methoxy groups -OCH3 is 1. The van der Waals surface area contributed by atoms with Crippen LogP contribution < -0.4 is 20.5 Å². The Morgan fingerprint density at radius 2 is 1.88 bits per heavy atom. The molecule has 0 bridgehead atoms. The maximum absolute atomic E-state index is 12.3. The normalized spacial score (nSPS) is 11.5. The lowest BCUT2D eigenvalue weighted by molar-refractivity contribution is -0.153. The molecule has 5 nitrogen and oxygen atoms in total. The summed E-state index contributed by atoms with van der Waals surface area (Å²) in [6, 6.07) is 13.5. The van der Waals surface area contributed by atoms with Gasteiger partial charge in [-0.15, -0.1) is 24.0 Å². The molecular formula is C17H19F3IN3O2. The van der Waals surface area contributed by atoms with Crippen molar-refractivity contribution >= 4 is 35.6 Å². The van der Waals surface area contributed by atoms with Crippen molar-refractivity contribution in [3.63, 3.8) is 0 Å². The van der Waals surface area contributed by atoms with Crippen molar-refractivity contribution in [1.29, 1.82) is 0 Å². The number of para-hydroxylation sites is 1. The number of hydrogen-bond acceptors (Lipinski definition) is 3. The molecule has 0 aromatic heterocycles. The average Bonchev–Trinajstić information content (AvgIpc) is 2.58. The SMILES string of the molecule is COc1cccc(NC(N)=NCc2ccccc2OCC(F)(F)F)c1.I. The highest BCUT2D eigenvalue weighted by atomic mass is 127. The van der Waals surface area contributed by atoms with Crippen LogP contribution in [0.15, 0.2) is 53.5 Å². The number of nitrogens with one attached hydrogen (secondary N) is 1. The molecule has 0 aliphatic heterocycles. The molecule has 2 aromatic carbocycles. The highest BCUT2D eigenvalue weighted by Crippen LogP contribution is 2.23. The molecule has 0 spiro atoms. The fraction of sp³-hybridized carbons (Fsp3) is 0.235. The zero-order valence-corrected chi connectivity index (χ0v) is 16.2. The summed E-state index contributed by atoms with van der Waals surface area (Å²) in [7, 11) is 1.55. The second-order valence-electron chi connectivity index (χ2n) is 5.07. The number of halogens is 4. The Bertz CT molecular complexity index is 739. The van der Waals surface area contributed by atoms with Crippen molar-refractivity contribution < 1.29 is 22.6 Å². The van der Waals surface area contributed by atoms with Crippen LogP contribution in [0.4, 0.5) is 18.9 Å². The third kappa shape index (κ3) is 7.38. The first kappa shape index (κ1) is 21.9. The van der Waals surface area contributed by atoms with Crippen molar-refractivity contribution in [2.24, 2.45) is 10.7 Å². The van der Waals surface area contributed by atoms with Gasteiger partial charge in [-0.3, -0.25) is 0 Å². The molecule has 2 rings (SSSR count). The van der Waals surface area contributed by atoms with E-state index in [-0.39, 0.29) is 42.2 Å². The lowest BCUT2D eigenvalue weighted by Crippen LogP contribution is -2.22. The third-order valence-electron chi connectivity index (χ3n) is 3.13. The zero-order chi connectivity index (χ0) is 18.3. The highest BCUT2D eigenvalue weighted by molar-refractivity contribution is 14.0. The van der Waals surface area contributed by atoms with E-state index in [9.17, 15) is 13.2 Å². The average molecular weight is 481 g/mol. The van der Waals surface area contributed by atoms with Crippen LogP contribution in [0, 0.1) is 0 Å². The van der Waals surface area contributed by atoms with Crippen LogP contribution in [0.25, 0.3) is 0 Å². The van der Waals surface area contributed by atoms with Gasteiger partial charge in [0.25, 0.3) is 0 Å². The summed E-state index contributed by atoms with van der Waals surface area (Å²) >= 11 is 0. The summed E-state index contributed by atoms with van der Waals surface area (Å²) in [5.41, 5.74) is 7.00. The highest BCUT2D eigenvalue weighted by Gasteiger charge is 2.28. The molecule has 0 aliphatic rings. The molecule has 26 heavy (non-hydrogen) atoms. The van der Waals surface area contributed by atoms with Gasteiger partial charge in [-0.05, 0) is 18.2 Å². The number of guanidine groups is 1. The molecule has 0 heterocycles. The summed E-state index contributed by atoms with van der Waals surface area (Å²) in [6.45, 7) is -1.28. The fourth-order valence-electron chi connectivity index (χ4n) is 1.99. The van der Waals surface area contributed by atoms with Gasteiger partial charge in [0.1, 0.15) is 11.5 Å². The van der Waals surface area contributed by atoms with Crippen LogP contribution in [0.5, 0.6) is 11.5 Å². The number of nitrogens with zero attached hydrogens (tertiary/aromatic N) is 1. The predicted octanol–water partition coefficient (Wildman–Crippen LogP) is 4.18. The quantitative estimate of drug-likeness (QED) is 0.369. The second-order valence-corrected chi connectivity index (χ2v) is 5.07. The molecule has 0 radical (unpaired) electrons. The molecule has 2 aromatic rings. The van der Waals surface area contributed by atoms with Crippen LogP contribution in [0.2, 0.25) is 0 Å². The van der Waals surface area contributed by atoms with Crippen molar-refractivity contribution in [3.05, 3.63) is 54.1 Å². The summed E-state index contributed by atoms with van der Waals surface area (Å²) in [6.07, 6.45) is -4.40. The Morgan fingerprint density at radius 1 is 1.15 bits per heavy atom. The number of nitrogens with two attached hydrogens (primary N) is 1. The number of benzene rings is 2. The number of rotatable bonds is 6. The Labute approximate surface area is 166 Å². The van der Waals surface area contributed by atoms with Gasteiger partial charge in [0.05, 0.1) is 13.7 Å². The monoisotopic (exact) mass is 481 g/mol. The molecular weight excluding hydrogens is 462 g/mol. The van der Waals surface area contributed by atoms with E-state index in [1.54, 1.807) is 49.6 Å². The Hall–Kier alpha value is -2.17. The smallest absolute Gasteiger partial charge is 0.422 e. The summed E-state index contributed by atoms with van der Waals surface area (Å²) < 4.78 is 46.8. The minimum absolute atomic E-state index is 0. The van der Waals surface area contributed by atoms with Gasteiger partial charge in [0, 0.05) is 17.3 Å². The third-order valence-corrected chi connectivity index (χ3v) is 3.13. The summed E-state index contributed by atoms with van der Waals surface area (Å²) in [4.78, 5) is 4.13. The van der Waals surface area contributed by atoms with E-state index >= 15 is 0 Å². The minimum atomic E-state index is -4.40. The van der Waals surface area contributed by atoms with Crippen LogP contribution in [0.3, 0.4) is 0 Å². The molecule has 0 unspecified atom stereocenters. The number of ether oxygens (including phenoxy) is 2. The predicted molar refractivity (Wildman–Crippen MR) is 105 cm³/mol. The molecule has 0 amide bonds. The lowest BCUT2D eigenvalue weighted by Gasteiger charge is -2.12. The van der Waals surface area contributed by atoms with Gasteiger partial charge < -0.3 is 20.5 Å². The van der Waals surface area contributed by atoms with Gasteiger partial charge in [0.2, 0.25) is 0 Å². The van der Waals surface area contributed by atoms with E-state index < -0.39 is 12.8 Å². The van der Waals surface area contributed by atoms with Crippen LogP contribution in [-0.2, 0) is 6.54 Å². The van der Waals surface area contributed by atoms with Crippen molar-refractivity contribution in [1.82, 2.24) is 0 Å². The number of aliphatic imine (C=N–C) groups is 1. The van der Waals surface area contributed by atoms with E-state index in [0.29, 0.717) is 17.0 Å². The number of hydrogen-bond donors (Lipinski definition) is 2. The standard InChI is InChI=1S/C17H18F3N3O2.HI/c1-24-14-7-4-6-13(9-14)23-16(21)22-10-12-5-2-3-8-15(12)25-11-17(18,19)20;/h2-9H,10-11H2,1H3,(H3,21,22,23);1H. The first-order chi connectivity index (χ1) is 11.9. The van der Waals surface area contributed by atoms with Crippen LogP contribution >= 0.6 is 24.0 Å². The molecule has 3 N–H and O–H groups in total. The van der Waals surface area contributed by atoms with Gasteiger partial charge >= 0.3 is 6.18 Å². The van der Waals surface area contributed by atoms with E-state index in [0.717, 1.165) is 0 Å². The van der Waals surface area contributed by atoms with E-state index in [1.807, 2.05) is 0 Å². The largest absolute Gasteiger partial charge is 0.497 e. The number of alkyl halides is 3. The van der Waals surface area contributed by atoms with Gasteiger partial charge in [-0.1, -0.05) is 24.3 Å². The number of anilines is 1. The summed E-state index contributed by atoms with van der Waals surface area (Å²) in [5.74, 6) is 0.903. The lowest BCUT2D eigenvalue weighted by atomic mass is 10.2. The van der Waals surface area contributed by atoms with Crippen molar-refractivity contribution in [2.75, 3.05) is 19.0 Å². The maximum Gasteiger partial charge on any atom is 0.422 e. The molecule has 0 aliphatic carbocycles. The first-order valence-electron chi connectivity index (χ1n) is 7.36. The van der Waals surface area contributed by atoms with Crippen molar-refractivity contribution in [3.8, 4) is 11.5 Å². The molecule has 0 saturated heterocycles. The Balaban J connectivity index is 0.00000338.